The van der Waals surface area contributed by atoms with Gasteiger partial charge >= 0.3 is 12.1 Å². The molecule has 0 saturated heterocycles. The second-order valence-electron chi connectivity index (χ2n) is 5.76. The van der Waals surface area contributed by atoms with Crippen molar-refractivity contribution in [2.45, 2.75) is 26.9 Å². The first-order chi connectivity index (χ1) is 13.0. The second-order valence-corrected chi connectivity index (χ2v) is 7.40. The Morgan fingerprint density at radius 2 is 1.96 bits per heavy atom. The third-order valence-electron chi connectivity index (χ3n) is 3.84. The molecule has 0 atom stereocenters. The number of carbonyl (C=O) groups is 2. The number of amides is 1. The summed E-state index contributed by atoms with van der Waals surface area (Å²) >= 11 is 7.12. The quantitative estimate of drug-likeness (QED) is 0.476. The molecule has 1 amide bonds. The maximum atomic E-state index is 12.8. The standard InChI is InChI=1S/C19H17ClF3NO3S/c1-4-27-18(26)16-10(2)11(3)28-17(16)24-15(25)8-5-12-9-13(19(21,22)23)6-7-14(12)20/h5-9H,4H2,1-3H3,(H,24,25)/b8-5+. The van der Waals surface area contributed by atoms with E-state index >= 15 is 0 Å². The van der Waals surface area contributed by atoms with Crippen LogP contribution in [0.1, 0.15) is 38.8 Å². The first-order valence-electron chi connectivity index (χ1n) is 8.17. The van der Waals surface area contributed by atoms with Crippen LogP contribution >= 0.6 is 22.9 Å². The van der Waals surface area contributed by atoms with Crippen LogP contribution in [0.15, 0.2) is 24.3 Å². The van der Waals surface area contributed by atoms with Gasteiger partial charge in [-0.1, -0.05) is 11.6 Å². The predicted octanol–water partition coefficient (Wildman–Crippen LogP) is 5.87. The lowest BCUT2D eigenvalue weighted by Gasteiger charge is -2.08. The number of alkyl halides is 3. The molecule has 9 heteroatoms. The Hall–Kier alpha value is -2.32. The molecule has 1 N–H and O–H groups in total. The molecule has 4 nitrogen and oxygen atoms in total. The fourth-order valence-corrected chi connectivity index (χ4v) is 3.56. The third kappa shape index (κ3) is 5.14. The van der Waals surface area contributed by atoms with Gasteiger partial charge in [-0.2, -0.15) is 13.2 Å². The summed E-state index contributed by atoms with van der Waals surface area (Å²) in [6, 6.07) is 2.84. The van der Waals surface area contributed by atoms with E-state index in [9.17, 15) is 22.8 Å². The number of nitrogens with one attached hydrogen (secondary N) is 1. The molecule has 0 bridgehead atoms. The number of carbonyl (C=O) groups excluding carboxylic acids is 2. The Morgan fingerprint density at radius 3 is 2.57 bits per heavy atom. The summed E-state index contributed by atoms with van der Waals surface area (Å²) in [4.78, 5) is 25.2. The molecule has 1 aromatic heterocycles. The predicted molar refractivity (Wildman–Crippen MR) is 104 cm³/mol. The molecule has 2 rings (SSSR count). The van der Waals surface area contributed by atoms with Crippen molar-refractivity contribution in [2.75, 3.05) is 11.9 Å². The van der Waals surface area contributed by atoms with Crippen molar-refractivity contribution in [2.24, 2.45) is 0 Å². The average Bonchev–Trinajstić information content (AvgIpc) is 2.87. The minimum Gasteiger partial charge on any atom is -0.462 e. The number of thiophene rings is 1. The van der Waals surface area contributed by atoms with Crippen molar-refractivity contribution in [3.63, 3.8) is 0 Å². The SMILES string of the molecule is CCOC(=O)c1c(NC(=O)/C=C/c2cc(C(F)(F)F)ccc2Cl)sc(C)c1C. The fourth-order valence-electron chi connectivity index (χ4n) is 2.33. The van der Waals surface area contributed by atoms with Gasteiger partial charge in [-0.3, -0.25) is 4.79 Å². The Bertz CT molecular complexity index is 935. The topological polar surface area (TPSA) is 55.4 Å². The lowest BCUT2D eigenvalue weighted by atomic mass is 10.1. The Balaban J connectivity index is 2.24. The Kier molecular flexibility index (Phi) is 6.90. The molecule has 0 radical (unpaired) electrons. The molecule has 150 valence electrons. The molecule has 1 heterocycles. The summed E-state index contributed by atoms with van der Waals surface area (Å²) in [7, 11) is 0. The van der Waals surface area contributed by atoms with Gasteiger partial charge in [-0.25, -0.2) is 4.79 Å². The van der Waals surface area contributed by atoms with Gasteiger partial charge in [0.15, 0.2) is 0 Å². The largest absolute Gasteiger partial charge is 0.462 e. The smallest absolute Gasteiger partial charge is 0.416 e. The number of esters is 1. The molecule has 1 aromatic carbocycles. The summed E-state index contributed by atoms with van der Waals surface area (Å²) in [5.74, 6) is -1.16. The van der Waals surface area contributed by atoms with E-state index in [-0.39, 0.29) is 22.8 Å². The minimum absolute atomic E-state index is 0.0517. The maximum absolute atomic E-state index is 12.8. The van der Waals surface area contributed by atoms with E-state index in [0.29, 0.717) is 10.6 Å². The van der Waals surface area contributed by atoms with Crippen LogP contribution in [-0.2, 0) is 15.7 Å². The van der Waals surface area contributed by atoms with Gasteiger partial charge in [0, 0.05) is 16.0 Å². The molecule has 0 fully saturated rings. The zero-order chi connectivity index (χ0) is 21.1. The van der Waals surface area contributed by atoms with Crippen LogP contribution in [0.3, 0.4) is 0 Å². The van der Waals surface area contributed by atoms with Crippen LogP contribution in [0.4, 0.5) is 18.2 Å². The summed E-state index contributed by atoms with van der Waals surface area (Å²) < 4.78 is 43.5. The van der Waals surface area contributed by atoms with Gasteiger partial charge in [0.05, 0.1) is 17.7 Å². The van der Waals surface area contributed by atoms with Crippen LogP contribution in [0.5, 0.6) is 0 Å². The minimum atomic E-state index is -4.52. The third-order valence-corrected chi connectivity index (χ3v) is 5.31. The second kappa shape index (κ2) is 8.79. The van der Waals surface area contributed by atoms with Crippen molar-refractivity contribution in [1.29, 1.82) is 0 Å². The highest BCUT2D eigenvalue weighted by atomic mass is 35.5. The molecule has 28 heavy (non-hydrogen) atoms. The van der Waals surface area contributed by atoms with E-state index in [1.54, 1.807) is 20.8 Å². The molecule has 0 saturated carbocycles. The molecule has 0 aliphatic rings. The Morgan fingerprint density at radius 1 is 1.29 bits per heavy atom. The van der Waals surface area contributed by atoms with Crippen LogP contribution in [-0.4, -0.2) is 18.5 Å². The molecule has 0 aliphatic heterocycles. The lowest BCUT2D eigenvalue weighted by molar-refractivity contribution is -0.137. The van der Waals surface area contributed by atoms with Crippen molar-refractivity contribution in [1.82, 2.24) is 0 Å². The van der Waals surface area contributed by atoms with E-state index < -0.39 is 23.6 Å². The molecular weight excluding hydrogens is 415 g/mol. The Labute approximate surface area is 169 Å². The van der Waals surface area contributed by atoms with Crippen molar-refractivity contribution < 1.29 is 27.5 Å². The van der Waals surface area contributed by atoms with Crippen LogP contribution in [0.25, 0.3) is 6.08 Å². The highest BCUT2D eigenvalue weighted by molar-refractivity contribution is 7.16. The summed E-state index contributed by atoms with van der Waals surface area (Å²) in [5, 5.41) is 2.97. The van der Waals surface area contributed by atoms with Crippen molar-refractivity contribution in [3.05, 3.63) is 56.4 Å². The highest BCUT2D eigenvalue weighted by Crippen LogP contribution is 2.34. The average molecular weight is 432 g/mol. The fraction of sp³-hybridized carbons (Fsp3) is 0.263. The molecule has 0 aliphatic carbocycles. The summed E-state index contributed by atoms with van der Waals surface area (Å²) in [6.07, 6.45) is -2.28. The van der Waals surface area contributed by atoms with E-state index in [4.69, 9.17) is 16.3 Å². The van der Waals surface area contributed by atoms with Gasteiger partial charge in [-0.05, 0) is 56.2 Å². The number of aryl methyl sites for hydroxylation is 1. The van der Waals surface area contributed by atoms with Crippen LogP contribution in [0.2, 0.25) is 5.02 Å². The first-order valence-corrected chi connectivity index (χ1v) is 9.37. The maximum Gasteiger partial charge on any atom is 0.416 e. The normalized spacial score (nSPS) is 11.7. The number of anilines is 1. The zero-order valence-electron chi connectivity index (χ0n) is 15.2. The zero-order valence-corrected chi connectivity index (χ0v) is 16.8. The van der Waals surface area contributed by atoms with E-state index in [1.807, 2.05) is 0 Å². The van der Waals surface area contributed by atoms with Gasteiger partial charge in [0.1, 0.15) is 5.00 Å². The number of rotatable bonds is 5. The van der Waals surface area contributed by atoms with Gasteiger partial charge in [0.25, 0.3) is 0 Å². The highest BCUT2D eigenvalue weighted by Gasteiger charge is 2.30. The van der Waals surface area contributed by atoms with Gasteiger partial charge in [-0.15, -0.1) is 11.3 Å². The number of hydrogen-bond donors (Lipinski definition) is 1. The summed E-state index contributed by atoms with van der Waals surface area (Å²) in [5.41, 5.74) is 0.147. The van der Waals surface area contributed by atoms with Crippen molar-refractivity contribution >= 4 is 45.9 Å². The van der Waals surface area contributed by atoms with E-state index in [0.717, 1.165) is 29.2 Å². The summed E-state index contributed by atoms with van der Waals surface area (Å²) in [6.45, 7) is 5.41. The van der Waals surface area contributed by atoms with Crippen LogP contribution in [0, 0.1) is 13.8 Å². The monoisotopic (exact) mass is 431 g/mol. The van der Waals surface area contributed by atoms with Crippen molar-refractivity contribution in [3.8, 4) is 0 Å². The lowest BCUT2D eigenvalue weighted by Crippen LogP contribution is -2.12. The molecule has 2 aromatic rings. The van der Waals surface area contributed by atoms with E-state index in [1.165, 1.54) is 17.4 Å². The molecule has 0 spiro atoms. The number of ether oxygens (including phenoxy) is 1. The molecular formula is C19H17ClF3NO3S. The van der Waals surface area contributed by atoms with Gasteiger partial charge < -0.3 is 10.1 Å². The van der Waals surface area contributed by atoms with E-state index in [2.05, 4.69) is 5.32 Å². The first kappa shape index (κ1) is 22.0. The molecule has 0 unspecified atom stereocenters. The number of halogens is 4. The van der Waals surface area contributed by atoms with Gasteiger partial charge in [0.2, 0.25) is 5.91 Å². The van der Waals surface area contributed by atoms with Crippen LogP contribution < -0.4 is 5.32 Å². The number of benzene rings is 1. The number of hydrogen-bond acceptors (Lipinski definition) is 4.